The largest absolute Gasteiger partial charge is 0.299 e. The second-order valence-electron chi connectivity index (χ2n) is 4.31. The van der Waals surface area contributed by atoms with Crippen LogP contribution in [0, 0.1) is 5.82 Å². The SMILES string of the molecule is CCn1cc(CC(=O)Cc2cccc(Cl)c2F)cn1. The first-order valence-electron chi connectivity index (χ1n) is 6.06. The van der Waals surface area contributed by atoms with Crippen molar-refractivity contribution < 1.29 is 9.18 Å². The van der Waals surface area contributed by atoms with Gasteiger partial charge in [0.1, 0.15) is 11.6 Å². The molecular weight excluding hydrogens is 267 g/mol. The molecule has 0 unspecified atom stereocenters. The van der Waals surface area contributed by atoms with Crippen molar-refractivity contribution in [1.82, 2.24) is 9.78 Å². The Balaban J connectivity index is 2.03. The summed E-state index contributed by atoms with van der Waals surface area (Å²) in [7, 11) is 0. The van der Waals surface area contributed by atoms with Gasteiger partial charge < -0.3 is 0 Å². The zero-order valence-electron chi connectivity index (χ0n) is 10.6. The molecule has 2 rings (SSSR count). The highest BCUT2D eigenvalue weighted by atomic mass is 35.5. The lowest BCUT2D eigenvalue weighted by Gasteiger charge is -2.03. The van der Waals surface area contributed by atoms with Crippen LogP contribution in [-0.4, -0.2) is 15.6 Å². The van der Waals surface area contributed by atoms with E-state index in [2.05, 4.69) is 5.10 Å². The Kier molecular flexibility index (Phi) is 4.32. The van der Waals surface area contributed by atoms with Crippen LogP contribution in [0.1, 0.15) is 18.1 Å². The number of Topliss-reactive ketones (excluding diaryl/α,β-unsaturated/α-hetero) is 1. The summed E-state index contributed by atoms with van der Waals surface area (Å²) in [5.41, 5.74) is 1.18. The van der Waals surface area contributed by atoms with Gasteiger partial charge in [0, 0.05) is 25.6 Å². The molecule has 19 heavy (non-hydrogen) atoms. The molecule has 0 radical (unpaired) electrons. The predicted octanol–water partition coefficient (Wildman–Crippen LogP) is 3.05. The van der Waals surface area contributed by atoms with E-state index in [1.807, 2.05) is 13.1 Å². The number of aryl methyl sites for hydroxylation is 1. The van der Waals surface area contributed by atoms with Gasteiger partial charge in [-0.25, -0.2) is 4.39 Å². The van der Waals surface area contributed by atoms with Gasteiger partial charge in [-0.3, -0.25) is 9.48 Å². The van der Waals surface area contributed by atoms with Crippen LogP contribution >= 0.6 is 11.6 Å². The van der Waals surface area contributed by atoms with Gasteiger partial charge in [-0.2, -0.15) is 5.10 Å². The van der Waals surface area contributed by atoms with Crippen LogP contribution in [0.3, 0.4) is 0 Å². The quantitative estimate of drug-likeness (QED) is 0.844. The van der Waals surface area contributed by atoms with E-state index in [0.717, 1.165) is 12.1 Å². The smallest absolute Gasteiger partial charge is 0.145 e. The van der Waals surface area contributed by atoms with E-state index in [1.54, 1.807) is 23.0 Å². The van der Waals surface area contributed by atoms with E-state index in [1.165, 1.54) is 6.07 Å². The highest BCUT2D eigenvalue weighted by Gasteiger charge is 2.12. The fourth-order valence-electron chi connectivity index (χ4n) is 1.86. The molecule has 1 aromatic heterocycles. The van der Waals surface area contributed by atoms with Crippen LogP contribution in [0.4, 0.5) is 4.39 Å². The van der Waals surface area contributed by atoms with Crippen molar-refractivity contribution in [3.05, 3.63) is 52.6 Å². The molecule has 5 heteroatoms. The third kappa shape index (κ3) is 3.41. The molecule has 0 amide bonds. The summed E-state index contributed by atoms with van der Waals surface area (Å²) in [4.78, 5) is 11.9. The van der Waals surface area contributed by atoms with E-state index in [-0.39, 0.29) is 23.6 Å². The maximum Gasteiger partial charge on any atom is 0.145 e. The first kappa shape index (κ1) is 13.7. The summed E-state index contributed by atoms with van der Waals surface area (Å²) in [6.45, 7) is 2.73. The van der Waals surface area contributed by atoms with Crippen molar-refractivity contribution in [2.45, 2.75) is 26.3 Å². The van der Waals surface area contributed by atoms with Crippen LogP contribution in [0.25, 0.3) is 0 Å². The van der Waals surface area contributed by atoms with Gasteiger partial charge in [0.15, 0.2) is 0 Å². The molecule has 0 saturated carbocycles. The standard InChI is InChI=1S/C14H14ClFN2O/c1-2-18-9-10(8-17-18)6-12(19)7-11-4-3-5-13(15)14(11)16/h3-5,8-9H,2,6-7H2,1H3. The zero-order chi connectivity index (χ0) is 13.8. The van der Waals surface area contributed by atoms with Crippen molar-refractivity contribution >= 4 is 17.4 Å². The Labute approximate surface area is 116 Å². The van der Waals surface area contributed by atoms with Crippen molar-refractivity contribution in [1.29, 1.82) is 0 Å². The van der Waals surface area contributed by atoms with Gasteiger partial charge >= 0.3 is 0 Å². The highest BCUT2D eigenvalue weighted by molar-refractivity contribution is 6.30. The zero-order valence-corrected chi connectivity index (χ0v) is 11.3. The first-order chi connectivity index (χ1) is 9.10. The number of nitrogens with zero attached hydrogens (tertiary/aromatic N) is 2. The molecule has 0 N–H and O–H groups in total. The molecule has 0 fully saturated rings. The molecule has 3 nitrogen and oxygen atoms in total. The Bertz CT molecular complexity index is 595. The first-order valence-corrected chi connectivity index (χ1v) is 6.44. The van der Waals surface area contributed by atoms with E-state index in [4.69, 9.17) is 11.6 Å². The second kappa shape index (κ2) is 5.97. The lowest BCUT2D eigenvalue weighted by molar-refractivity contribution is -0.117. The topological polar surface area (TPSA) is 34.9 Å². The minimum Gasteiger partial charge on any atom is -0.299 e. The average Bonchev–Trinajstić information content (AvgIpc) is 2.82. The van der Waals surface area contributed by atoms with Gasteiger partial charge in [0.2, 0.25) is 0 Å². The summed E-state index contributed by atoms with van der Waals surface area (Å²) in [5, 5.41) is 4.14. The predicted molar refractivity (Wildman–Crippen MR) is 71.7 cm³/mol. The van der Waals surface area contributed by atoms with E-state index < -0.39 is 5.82 Å². The normalized spacial score (nSPS) is 10.7. The fraction of sp³-hybridized carbons (Fsp3) is 0.286. The molecule has 0 atom stereocenters. The Morgan fingerprint density at radius 1 is 1.42 bits per heavy atom. The summed E-state index contributed by atoms with van der Waals surface area (Å²) in [6, 6.07) is 4.69. The lowest BCUT2D eigenvalue weighted by Crippen LogP contribution is -2.07. The minimum absolute atomic E-state index is 0.0453. The lowest BCUT2D eigenvalue weighted by atomic mass is 10.0. The van der Waals surface area contributed by atoms with Gasteiger partial charge in [0.05, 0.1) is 11.2 Å². The highest BCUT2D eigenvalue weighted by Crippen LogP contribution is 2.18. The number of carbonyl (C=O) groups excluding carboxylic acids is 1. The maximum atomic E-state index is 13.7. The number of rotatable bonds is 5. The molecular formula is C14H14ClFN2O. The van der Waals surface area contributed by atoms with Crippen molar-refractivity contribution in [3.63, 3.8) is 0 Å². The molecule has 100 valence electrons. The molecule has 1 aromatic carbocycles. The monoisotopic (exact) mass is 280 g/mol. The third-order valence-corrected chi connectivity index (χ3v) is 3.12. The maximum absolute atomic E-state index is 13.7. The molecule has 0 bridgehead atoms. The summed E-state index contributed by atoms with van der Waals surface area (Å²) in [6.07, 6.45) is 3.79. The Morgan fingerprint density at radius 3 is 2.89 bits per heavy atom. The number of hydrogen-bond donors (Lipinski definition) is 0. The van der Waals surface area contributed by atoms with Crippen LogP contribution in [0.2, 0.25) is 5.02 Å². The third-order valence-electron chi connectivity index (χ3n) is 2.83. The van der Waals surface area contributed by atoms with Crippen LogP contribution in [0.15, 0.2) is 30.6 Å². The average molecular weight is 281 g/mol. The van der Waals surface area contributed by atoms with Gasteiger partial charge in [0.25, 0.3) is 0 Å². The van der Waals surface area contributed by atoms with Gasteiger partial charge in [-0.1, -0.05) is 23.7 Å². The van der Waals surface area contributed by atoms with Crippen molar-refractivity contribution in [3.8, 4) is 0 Å². The summed E-state index contributed by atoms with van der Waals surface area (Å²) < 4.78 is 15.4. The minimum atomic E-state index is -0.512. The van der Waals surface area contributed by atoms with Gasteiger partial charge in [-0.05, 0) is 24.1 Å². The molecule has 1 heterocycles. The molecule has 0 saturated heterocycles. The summed E-state index contributed by atoms with van der Waals surface area (Å²) in [5.74, 6) is -0.571. The number of halogens is 2. The number of benzene rings is 1. The molecule has 0 aliphatic carbocycles. The number of ketones is 1. The van der Waals surface area contributed by atoms with Crippen LogP contribution in [-0.2, 0) is 24.2 Å². The van der Waals surface area contributed by atoms with Crippen LogP contribution in [0.5, 0.6) is 0 Å². The Hall–Kier alpha value is -1.68. The second-order valence-corrected chi connectivity index (χ2v) is 4.72. The number of aromatic nitrogens is 2. The van der Waals surface area contributed by atoms with Gasteiger partial charge in [-0.15, -0.1) is 0 Å². The van der Waals surface area contributed by atoms with Crippen molar-refractivity contribution in [2.24, 2.45) is 0 Å². The molecule has 2 aromatic rings. The molecule has 0 aliphatic heterocycles. The number of hydrogen-bond acceptors (Lipinski definition) is 2. The fourth-order valence-corrected chi connectivity index (χ4v) is 2.05. The van der Waals surface area contributed by atoms with E-state index in [9.17, 15) is 9.18 Å². The van der Waals surface area contributed by atoms with Crippen molar-refractivity contribution in [2.75, 3.05) is 0 Å². The van der Waals surface area contributed by atoms with Crippen LogP contribution < -0.4 is 0 Å². The Morgan fingerprint density at radius 2 is 2.21 bits per heavy atom. The molecule has 0 aliphatic rings. The summed E-state index contributed by atoms with van der Waals surface area (Å²) >= 11 is 5.68. The van der Waals surface area contributed by atoms with E-state index in [0.29, 0.717) is 5.56 Å². The van der Waals surface area contributed by atoms with E-state index >= 15 is 0 Å². The molecule has 0 spiro atoms. The number of carbonyl (C=O) groups is 1.